The zero-order valence-corrected chi connectivity index (χ0v) is 26.2. The maximum atomic E-state index is 15.8. The van der Waals surface area contributed by atoms with Crippen LogP contribution in [-0.4, -0.2) is 69.2 Å². The summed E-state index contributed by atoms with van der Waals surface area (Å²) in [4.78, 5) is 33.9. The highest BCUT2D eigenvalue weighted by molar-refractivity contribution is 6.40. The molecule has 234 valence electrons. The molecule has 6 rings (SSSR count). The minimum atomic E-state index is -0.617. The van der Waals surface area contributed by atoms with Crippen LogP contribution in [0.2, 0.25) is 10.0 Å². The monoisotopic (exact) mass is 652 g/mol. The Balaban J connectivity index is 1.32. The Kier molecular flexibility index (Phi) is 8.72. The summed E-state index contributed by atoms with van der Waals surface area (Å²) in [6, 6.07) is 11.5. The van der Waals surface area contributed by atoms with Gasteiger partial charge in [0.05, 0.1) is 52.7 Å². The van der Waals surface area contributed by atoms with Crippen LogP contribution in [0.15, 0.2) is 53.7 Å². The maximum Gasteiger partial charge on any atom is 0.340 e. The number of benzene rings is 3. The maximum absolute atomic E-state index is 15.8. The predicted molar refractivity (Wildman–Crippen MR) is 172 cm³/mol. The molecule has 3 aromatic carbocycles. The fourth-order valence-corrected chi connectivity index (χ4v) is 6.83. The first kappa shape index (κ1) is 30.9. The van der Waals surface area contributed by atoms with Gasteiger partial charge in [-0.2, -0.15) is 0 Å². The van der Waals surface area contributed by atoms with Gasteiger partial charge in [-0.1, -0.05) is 41.4 Å². The summed E-state index contributed by atoms with van der Waals surface area (Å²) in [5.41, 5.74) is 9.24. The van der Waals surface area contributed by atoms with Crippen LogP contribution in [0.4, 0.5) is 10.1 Å². The molecule has 0 saturated carbocycles. The number of anilines is 1. The van der Waals surface area contributed by atoms with Gasteiger partial charge in [0.2, 0.25) is 0 Å². The Morgan fingerprint density at radius 3 is 2.44 bits per heavy atom. The van der Waals surface area contributed by atoms with Crippen molar-refractivity contribution in [1.29, 1.82) is 0 Å². The summed E-state index contributed by atoms with van der Waals surface area (Å²) in [5.74, 6) is -1.19. The van der Waals surface area contributed by atoms with Gasteiger partial charge in [-0.3, -0.25) is 9.79 Å². The van der Waals surface area contributed by atoms with E-state index in [2.05, 4.69) is 9.89 Å². The van der Waals surface area contributed by atoms with E-state index in [0.717, 1.165) is 12.8 Å². The van der Waals surface area contributed by atoms with Crippen LogP contribution in [0.5, 0.6) is 5.75 Å². The molecule has 2 fully saturated rings. The number of nitrogens with two attached hydrogens (primary N) is 1. The molecule has 2 unspecified atom stereocenters. The van der Waals surface area contributed by atoms with E-state index in [1.165, 1.54) is 24.3 Å². The van der Waals surface area contributed by atoms with Crippen molar-refractivity contribution in [3.05, 3.63) is 86.8 Å². The third-order valence-electron chi connectivity index (χ3n) is 8.31. The normalized spacial score (nSPS) is 19.4. The van der Waals surface area contributed by atoms with Crippen LogP contribution in [0.25, 0.3) is 16.7 Å². The Labute approximate surface area is 270 Å². The van der Waals surface area contributed by atoms with E-state index in [1.54, 1.807) is 43.6 Å². The number of halogens is 3. The molecule has 3 aromatic rings. The molecule has 12 heteroatoms. The van der Waals surface area contributed by atoms with E-state index in [9.17, 15) is 9.59 Å². The molecule has 0 spiro atoms. The van der Waals surface area contributed by atoms with Crippen LogP contribution < -0.4 is 15.4 Å². The number of fused-ring (bicyclic) bond motifs is 3. The molecular weight excluding hydrogens is 622 g/mol. The Bertz CT molecular complexity index is 1710. The largest absolute Gasteiger partial charge is 0.472 e. The zero-order valence-electron chi connectivity index (χ0n) is 24.7. The first-order chi connectivity index (χ1) is 21.7. The molecule has 1 amide bonds. The van der Waals surface area contributed by atoms with Crippen LogP contribution >= 0.6 is 23.2 Å². The predicted octanol–water partition coefficient (Wildman–Crippen LogP) is 5.95. The number of para-hydroxylation sites is 1. The summed E-state index contributed by atoms with van der Waals surface area (Å²) in [6.45, 7) is 1.24. The van der Waals surface area contributed by atoms with Crippen LogP contribution in [0.1, 0.15) is 44.7 Å². The van der Waals surface area contributed by atoms with E-state index in [-0.39, 0.29) is 52.2 Å². The lowest BCUT2D eigenvalue weighted by atomic mass is 9.96. The standard InChI is InChI=1S/C33H31Cl2FN4O5/c1-38-13-20(12-37)19-8-26(34)30(27(35)9-19)32(41)40-14-18-4-3-5-23(31(18)44-17-40)24-11-29(25(10-28(24)36)33(42)43-2)39-15-21-6-7-22(16-39)45-21/h3-5,8-13,21-22H,6-7,14-17,37H2,1-2H3. The number of nitrogens with zero attached hydrogens (tertiary/aromatic N) is 3. The molecule has 45 heavy (non-hydrogen) atoms. The number of morpholine rings is 1. The minimum absolute atomic E-state index is 0.0571. The van der Waals surface area contributed by atoms with Gasteiger partial charge < -0.3 is 29.7 Å². The van der Waals surface area contributed by atoms with E-state index in [4.69, 9.17) is 43.1 Å². The van der Waals surface area contributed by atoms with Gasteiger partial charge in [0.25, 0.3) is 5.91 Å². The van der Waals surface area contributed by atoms with Gasteiger partial charge in [0, 0.05) is 54.8 Å². The summed E-state index contributed by atoms with van der Waals surface area (Å²) in [5, 5.41) is 0.311. The Hall–Kier alpha value is -4.12. The lowest BCUT2D eigenvalue weighted by Crippen LogP contribution is -2.43. The number of hydrogen-bond acceptors (Lipinski definition) is 8. The molecule has 0 aromatic heterocycles. The Morgan fingerprint density at radius 1 is 1.09 bits per heavy atom. The third kappa shape index (κ3) is 5.85. The third-order valence-corrected chi connectivity index (χ3v) is 8.91. The zero-order chi connectivity index (χ0) is 31.8. The van der Waals surface area contributed by atoms with Crippen molar-refractivity contribution >= 4 is 52.6 Å². The van der Waals surface area contributed by atoms with Crippen molar-refractivity contribution in [3.63, 3.8) is 0 Å². The van der Waals surface area contributed by atoms with Gasteiger partial charge >= 0.3 is 5.97 Å². The molecule has 3 aliphatic rings. The van der Waals surface area contributed by atoms with Crippen LogP contribution in [0, 0.1) is 5.82 Å². The number of amides is 1. The molecule has 2 saturated heterocycles. The lowest BCUT2D eigenvalue weighted by Gasteiger charge is -2.35. The van der Waals surface area contributed by atoms with Gasteiger partial charge in [-0.25, -0.2) is 9.18 Å². The second-order valence-electron chi connectivity index (χ2n) is 11.1. The quantitative estimate of drug-likeness (QED) is 0.259. The van der Waals surface area contributed by atoms with Crippen molar-refractivity contribution in [2.24, 2.45) is 10.7 Å². The molecule has 3 aliphatic heterocycles. The molecule has 2 N–H and O–H groups in total. The minimum Gasteiger partial charge on any atom is -0.472 e. The highest BCUT2D eigenvalue weighted by atomic mass is 35.5. The molecule has 3 heterocycles. The molecule has 2 bridgehead atoms. The number of aliphatic imine (C=N–C) groups is 1. The number of rotatable bonds is 6. The highest BCUT2D eigenvalue weighted by Crippen LogP contribution is 2.42. The van der Waals surface area contributed by atoms with E-state index < -0.39 is 17.7 Å². The molecular formula is C33H31Cl2FN4O5. The highest BCUT2D eigenvalue weighted by Gasteiger charge is 2.36. The average molecular weight is 654 g/mol. The molecule has 0 radical (unpaired) electrons. The van der Waals surface area contributed by atoms with Crippen LogP contribution in [0.3, 0.4) is 0 Å². The SMILES string of the molecule is CN=CC(=CN)c1cc(Cl)c(C(=O)N2COc3c(cccc3-c3cc(N4CC5CCC(C4)O5)c(C(=O)OC)cc3F)C2)c(Cl)c1. The fourth-order valence-electron chi connectivity index (χ4n) is 6.19. The summed E-state index contributed by atoms with van der Waals surface area (Å²) < 4.78 is 32.9. The lowest BCUT2D eigenvalue weighted by molar-refractivity contribution is 0.0302. The van der Waals surface area contributed by atoms with Gasteiger partial charge in [-0.05, 0) is 42.7 Å². The average Bonchev–Trinajstić information content (AvgIpc) is 3.38. The summed E-state index contributed by atoms with van der Waals surface area (Å²) in [6.07, 6.45) is 4.94. The second-order valence-corrected chi connectivity index (χ2v) is 11.9. The number of carbonyl (C=O) groups is 2. The Morgan fingerprint density at radius 2 is 1.80 bits per heavy atom. The van der Waals surface area contributed by atoms with Crippen molar-refractivity contribution in [1.82, 2.24) is 4.90 Å². The van der Waals surface area contributed by atoms with Gasteiger partial charge in [-0.15, -0.1) is 0 Å². The molecule has 2 atom stereocenters. The van der Waals surface area contributed by atoms with E-state index in [0.29, 0.717) is 46.8 Å². The van der Waals surface area contributed by atoms with Gasteiger partial charge in [0.15, 0.2) is 6.73 Å². The number of esters is 1. The first-order valence-electron chi connectivity index (χ1n) is 14.4. The fraction of sp³-hybridized carbons (Fsp3) is 0.303. The van der Waals surface area contributed by atoms with E-state index in [1.807, 2.05) is 6.07 Å². The number of carbonyl (C=O) groups excluding carboxylic acids is 2. The summed E-state index contributed by atoms with van der Waals surface area (Å²) >= 11 is 13.1. The molecule has 9 nitrogen and oxygen atoms in total. The van der Waals surface area contributed by atoms with Crippen molar-refractivity contribution in [2.75, 3.05) is 38.9 Å². The topological polar surface area (TPSA) is 107 Å². The number of allylic oxidation sites excluding steroid dienone is 1. The number of hydrogen-bond donors (Lipinski definition) is 1. The number of ether oxygens (including phenoxy) is 3. The summed E-state index contributed by atoms with van der Waals surface area (Å²) in [7, 11) is 2.89. The van der Waals surface area contributed by atoms with Gasteiger partial charge in [0.1, 0.15) is 11.6 Å². The molecule has 0 aliphatic carbocycles. The number of methoxy groups -OCH3 is 1. The second kappa shape index (κ2) is 12.7. The smallest absolute Gasteiger partial charge is 0.340 e. The van der Waals surface area contributed by atoms with E-state index >= 15 is 4.39 Å². The van der Waals surface area contributed by atoms with Crippen molar-refractivity contribution in [2.45, 2.75) is 31.6 Å². The van der Waals surface area contributed by atoms with Crippen LogP contribution in [-0.2, 0) is 16.0 Å². The first-order valence-corrected chi connectivity index (χ1v) is 15.2. The van der Waals surface area contributed by atoms with Crippen molar-refractivity contribution < 1.29 is 28.2 Å². The van der Waals surface area contributed by atoms with Crippen molar-refractivity contribution in [3.8, 4) is 16.9 Å².